The average Bonchev–Trinajstić information content (AvgIpc) is 2.63. The molecule has 0 aliphatic carbocycles. The number of aliphatic hydroxyl groups is 2. The van der Waals surface area contributed by atoms with Gasteiger partial charge in [0, 0.05) is 14.1 Å². The van der Waals surface area contributed by atoms with E-state index in [1.807, 2.05) is 19.9 Å². The van der Waals surface area contributed by atoms with Crippen LogP contribution in [0.1, 0.15) is 38.3 Å². The van der Waals surface area contributed by atoms with E-state index in [4.69, 9.17) is 0 Å². The van der Waals surface area contributed by atoms with Crippen LogP contribution in [0.15, 0.2) is 30.3 Å². The smallest absolute Gasteiger partial charge is 0.249 e. The molecular weight excluding hydrogens is 334 g/mol. The van der Waals surface area contributed by atoms with Gasteiger partial charge in [-0.3, -0.25) is 14.9 Å². The predicted octanol–water partition coefficient (Wildman–Crippen LogP) is 0.637. The van der Waals surface area contributed by atoms with Gasteiger partial charge in [0.1, 0.15) is 12.3 Å². The second kappa shape index (κ2) is 10.9. The van der Waals surface area contributed by atoms with Crippen LogP contribution in [0.2, 0.25) is 0 Å². The Hall–Kier alpha value is -1.96. The number of nitrogens with one attached hydrogen (secondary N) is 2. The lowest BCUT2D eigenvalue weighted by molar-refractivity contribution is -0.134. The molecule has 1 rings (SSSR count). The van der Waals surface area contributed by atoms with Gasteiger partial charge in [-0.15, -0.1) is 0 Å². The summed E-state index contributed by atoms with van der Waals surface area (Å²) in [6.07, 6.45) is -0.491. The minimum absolute atomic E-state index is 0.0852. The number of hydrogen-bond acceptors (Lipinski definition) is 5. The standard InChI is InChI=1S/C19H31N3O4/c1-5-9-13(2)17(24)18(25)20-12-15(23)21-16(19(26)22(3)4)14-10-7-6-8-11-14/h6-8,10-11,13,16-18,20,24-25H,5,9,12H2,1-4H3,(H,21,23). The Bertz CT molecular complexity index is 565. The molecule has 0 fully saturated rings. The van der Waals surface area contributed by atoms with Crippen LogP contribution in [0.4, 0.5) is 0 Å². The first-order valence-electron chi connectivity index (χ1n) is 8.92. The number of hydrogen-bond donors (Lipinski definition) is 4. The maximum absolute atomic E-state index is 12.4. The van der Waals surface area contributed by atoms with E-state index in [0.717, 1.165) is 12.8 Å². The summed E-state index contributed by atoms with van der Waals surface area (Å²) in [5, 5.41) is 25.3. The van der Waals surface area contributed by atoms with Crippen molar-refractivity contribution in [1.29, 1.82) is 0 Å². The topological polar surface area (TPSA) is 102 Å². The summed E-state index contributed by atoms with van der Waals surface area (Å²) in [6.45, 7) is 3.64. The van der Waals surface area contributed by atoms with Crippen molar-refractivity contribution in [2.75, 3.05) is 20.6 Å². The average molecular weight is 365 g/mol. The molecule has 7 heteroatoms. The maximum Gasteiger partial charge on any atom is 0.249 e. The lowest BCUT2D eigenvalue weighted by Crippen LogP contribution is -2.48. The van der Waals surface area contributed by atoms with Gasteiger partial charge in [-0.2, -0.15) is 0 Å². The molecule has 0 radical (unpaired) electrons. The summed E-state index contributed by atoms with van der Waals surface area (Å²) in [5.74, 6) is -0.775. The van der Waals surface area contributed by atoms with Crippen LogP contribution in [0.25, 0.3) is 0 Å². The van der Waals surface area contributed by atoms with Crippen LogP contribution < -0.4 is 10.6 Å². The fourth-order valence-electron chi connectivity index (χ4n) is 2.66. The van der Waals surface area contributed by atoms with Crippen molar-refractivity contribution in [2.45, 2.75) is 45.1 Å². The normalized spacial score (nSPS) is 15.6. The van der Waals surface area contributed by atoms with E-state index in [1.54, 1.807) is 38.4 Å². The second-order valence-corrected chi connectivity index (χ2v) is 6.73. The molecule has 1 aromatic carbocycles. The first kappa shape index (κ1) is 22.1. The van der Waals surface area contributed by atoms with Crippen molar-refractivity contribution >= 4 is 11.8 Å². The molecular formula is C19H31N3O4. The van der Waals surface area contributed by atoms with Crippen LogP contribution in [-0.4, -0.2) is 59.9 Å². The van der Waals surface area contributed by atoms with E-state index < -0.39 is 24.3 Å². The molecule has 146 valence electrons. The highest BCUT2D eigenvalue weighted by molar-refractivity contribution is 5.89. The van der Waals surface area contributed by atoms with Gasteiger partial charge >= 0.3 is 0 Å². The molecule has 0 aliphatic heterocycles. The number of likely N-dealkylation sites (N-methyl/N-ethyl adjacent to an activating group) is 1. The third-order valence-corrected chi connectivity index (χ3v) is 4.25. The highest BCUT2D eigenvalue weighted by Gasteiger charge is 2.26. The van der Waals surface area contributed by atoms with Gasteiger partial charge in [-0.05, 0) is 17.9 Å². The zero-order valence-electron chi connectivity index (χ0n) is 16.0. The van der Waals surface area contributed by atoms with Crippen molar-refractivity contribution in [3.8, 4) is 0 Å². The molecule has 4 atom stereocenters. The molecule has 7 nitrogen and oxygen atoms in total. The summed E-state index contributed by atoms with van der Waals surface area (Å²) in [4.78, 5) is 26.0. The lowest BCUT2D eigenvalue weighted by Gasteiger charge is -2.25. The number of benzene rings is 1. The van der Waals surface area contributed by atoms with Gasteiger partial charge in [-0.25, -0.2) is 0 Å². The molecule has 0 saturated heterocycles. The Morgan fingerprint density at radius 3 is 2.31 bits per heavy atom. The molecule has 0 spiro atoms. The molecule has 1 aromatic rings. The van der Waals surface area contributed by atoms with Crippen LogP contribution >= 0.6 is 0 Å². The fourth-order valence-corrected chi connectivity index (χ4v) is 2.66. The Morgan fingerprint density at radius 1 is 1.15 bits per heavy atom. The zero-order chi connectivity index (χ0) is 19.7. The second-order valence-electron chi connectivity index (χ2n) is 6.73. The fraction of sp³-hybridized carbons (Fsp3) is 0.579. The zero-order valence-corrected chi connectivity index (χ0v) is 16.0. The predicted molar refractivity (Wildman–Crippen MR) is 100 cm³/mol. The Morgan fingerprint density at radius 2 is 1.77 bits per heavy atom. The first-order chi connectivity index (χ1) is 12.3. The largest absolute Gasteiger partial charge is 0.389 e. The summed E-state index contributed by atoms with van der Waals surface area (Å²) in [6, 6.07) is 8.16. The molecule has 0 heterocycles. The maximum atomic E-state index is 12.4. The highest BCUT2D eigenvalue weighted by atomic mass is 16.3. The van der Waals surface area contributed by atoms with E-state index in [1.165, 1.54) is 4.90 Å². The first-order valence-corrected chi connectivity index (χ1v) is 8.92. The monoisotopic (exact) mass is 365 g/mol. The van der Waals surface area contributed by atoms with Crippen molar-refractivity contribution < 1.29 is 19.8 Å². The number of carbonyl (C=O) groups is 2. The number of carbonyl (C=O) groups excluding carboxylic acids is 2. The van der Waals surface area contributed by atoms with Crippen LogP contribution in [0.5, 0.6) is 0 Å². The minimum atomic E-state index is -1.21. The van der Waals surface area contributed by atoms with E-state index in [0.29, 0.717) is 5.56 Å². The van der Waals surface area contributed by atoms with Crippen LogP contribution in [0.3, 0.4) is 0 Å². The summed E-state index contributed by atoms with van der Waals surface area (Å²) in [7, 11) is 3.25. The van der Waals surface area contributed by atoms with Crippen molar-refractivity contribution in [3.05, 3.63) is 35.9 Å². The van der Waals surface area contributed by atoms with E-state index in [9.17, 15) is 19.8 Å². The van der Waals surface area contributed by atoms with Gasteiger partial charge in [0.15, 0.2) is 0 Å². The summed E-state index contributed by atoms with van der Waals surface area (Å²) in [5.41, 5.74) is 0.678. The molecule has 4 unspecified atom stereocenters. The lowest BCUT2D eigenvalue weighted by atomic mass is 9.98. The van der Waals surface area contributed by atoms with Crippen LogP contribution in [0, 0.1) is 5.92 Å². The highest BCUT2D eigenvalue weighted by Crippen LogP contribution is 2.15. The molecule has 0 bridgehead atoms. The van der Waals surface area contributed by atoms with Crippen LogP contribution in [-0.2, 0) is 9.59 Å². The van der Waals surface area contributed by atoms with Gasteiger partial charge in [0.05, 0.1) is 12.6 Å². The third kappa shape index (κ3) is 6.74. The number of aliphatic hydroxyl groups excluding tert-OH is 2. The number of nitrogens with zero attached hydrogens (tertiary/aromatic N) is 1. The van der Waals surface area contributed by atoms with Crippen molar-refractivity contribution in [1.82, 2.24) is 15.5 Å². The number of amides is 2. The van der Waals surface area contributed by atoms with Gasteiger partial charge in [-0.1, -0.05) is 50.6 Å². The van der Waals surface area contributed by atoms with E-state index >= 15 is 0 Å². The third-order valence-electron chi connectivity index (χ3n) is 4.25. The molecule has 0 saturated carbocycles. The molecule has 4 N–H and O–H groups in total. The molecule has 26 heavy (non-hydrogen) atoms. The Balaban J connectivity index is 2.66. The van der Waals surface area contributed by atoms with Gasteiger partial charge < -0.3 is 20.4 Å². The molecule has 0 aliphatic rings. The quantitative estimate of drug-likeness (QED) is 0.456. The van der Waals surface area contributed by atoms with Crippen molar-refractivity contribution in [2.24, 2.45) is 5.92 Å². The van der Waals surface area contributed by atoms with Crippen molar-refractivity contribution in [3.63, 3.8) is 0 Å². The summed E-state index contributed by atoms with van der Waals surface area (Å²) >= 11 is 0. The van der Waals surface area contributed by atoms with Gasteiger partial charge in [0.25, 0.3) is 0 Å². The van der Waals surface area contributed by atoms with E-state index in [-0.39, 0.29) is 18.4 Å². The Kier molecular flexibility index (Phi) is 9.26. The molecule has 0 aromatic heterocycles. The minimum Gasteiger partial charge on any atom is -0.389 e. The summed E-state index contributed by atoms with van der Waals surface area (Å²) < 4.78 is 0. The molecule has 2 amide bonds. The SMILES string of the molecule is CCCC(C)C(O)C(O)NCC(=O)NC(C(=O)N(C)C)c1ccccc1. The Labute approximate surface area is 155 Å². The number of rotatable bonds is 10. The van der Waals surface area contributed by atoms with Gasteiger partial charge in [0.2, 0.25) is 11.8 Å². The van der Waals surface area contributed by atoms with E-state index in [2.05, 4.69) is 10.6 Å².